The molecule has 2 N–H and O–H groups in total. The molecule has 0 bridgehead atoms. The van der Waals surface area contributed by atoms with Gasteiger partial charge in [-0.3, -0.25) is 4.90 Å². The number of morpholine rings is 1. The first-order chi connectivity index (χ1) is 10.0. The molecule has 0 radical (unpaired) electrons. The highest BCUT2D eigenvalue weighted by Crippen LogP contribution is 2.24. The number of nitrogens with zero attached hydrogens (tertiary/aromatic N) is 1. The minimum absolute atomic E-state index is 0.0275. The average Bonchev–Trinajstić information content (AvgIpc) is 2.47. The van der Waals surface area contributed by atoms with Gasteiger partial charge in [-0.15, -0.1) is 0 Å². The standard InChI is InChI=1S/C17H28N2O2/c1-14(2)21-16-6-4-5-15(11-16)12-17(3,13-18)19-7-9-20-10-8-19/h4-6,11,14H,7-10,12-13,18H2,1-3H3. The topological polar surface area (TPSA) is 47.7 Å². The molecule has 1 heterocycles. The molecule has 0 aromatic heterocycles. The number of ether oxygens (including phenoxy) is 2. The molecule has 4 nitrogen and oxygen atoms in total. The van der Waals surface area contributed by atoms with Gasteiger partial charge in [0.1, 0.15) is 5.75 Å². The van der Waals surface area contributed by atoms with Crippen molar-refractivity contribution in [3.8, 4) is 5.75 Å². The largest absolute Gasteiger partial charge is 0.491 e. The molecule has 0 aliphatic carbocycles. The molecule has 1 aliphatic heterocycles. The second kappa shape index (κ2) is 7.25. The van der Waals surface area contributed by atoms with Crippen LogP contribution in [0.15, 0.2) is 24.3 Å². The van der Waals surface area contributed by atoms with Crippen LogP contribution in [0, 0.1) is 0 Å². The van der Waals surface area contributed by atoms with E-state index in [1.807, 2.05) is 19.9 Å². The summed E-state index contributed by atoms with van der Waals surface area (Å²) in [6, 6.07) is 8.36. The Morgan fingerprint density at radius 3 is 2.67 bits per heavy atom. The number of hydrogen-bond acceptors (Lipinski definition) is 4. The van der Waals surface area contributed by atoms with Crippen LogP contribution in [0.25, 0.3) is 0 Å². The average molecular weight is 292 g/mol. The predicted octanol–water partition coefficient (Wildman–Crippen LogP) is 2.07. The van der Waals surface area contributed by atoms with E-state index in [1.54, 1.807) is 0 Å². The molecule has 0 amide bonds. The fraction of sp³-hybridized carbons (Fsp3) is 0.647. The summed E-state index contributed by atoms with van der Waals surface area (Å²) in [5.74, 6) is 0.934. The third-order valence-corrected chi connectivity index (χ3v) is 4.07. The predicted molar refractivity (Wildman–Crippen MR) is 85.8 cm³/mol. The molecule has 1 aromatic carbocycles. The van der Waals surface area contributed by atoms with E-state index >= 15 is 0 Å². The van der Waals surface area contributed by atoms with E-state index < -0.39 is 0 Å². The van der Waals surface area contributed by atoms with Gasteiger partial charge in [0.25, 0.3) is 0 Å². The maximum atomic E-state index is 6.09. The summed E-state index contributed by atoms with van der Waals surface area (Å²) < 4.78 is 11.2. The molecule has 1 aliphatic rings. The molecule has 1 atom stereocenters. The summed E-state index contributed by atoms with van der Waals surface area (Å²) in [7, 11) is 0. The molecule has 1 fully saturated rings. The Morgan fingerprint density at radius 1 is 1.33 bits per heavy atom. The Balaban J connectivity index is 2.10. The zero-order valence-electron chi connectivity index (χ0n) is 13.5. The smallest absolute Gasteiger partial charge is 0.119 e. The van der Waals surface area contributed by atoms with Gasteiger partial charge < -0.3 is 15.2 Å². The van der Waals surface area contributed by atoms with E-state index in [4.69, 9.17) is 15.2 Å². The van der Waals surface area contributed by atoms with E-state index in [9.17, 15) is 0 Å². The summed E-state index contributed by atoms with van der Waals surface area (Å²) in [5, 5.41) is 0. The SMILES string of the molecule is CC(C)Oc1cccc(CC(C)(CN)N2CCOCC2)c1. The molecule has 2 rings (SSSR count). The summed E-state index contributed by atoms with van der Waals surface area (Å²) in [6.07, 6.45) is 1.12. The van der Waals surface area contributed by atoms with Crippen molar-refractivity contribution < 1.29 is 9.47 Å². The van der Waals surface area contributed by atoms with Crippen LogP contribution in [0.3, 0.4) is 0 Å². The molecule has 1 unspecified atom stereocenters. The molecule has 1 saturated heterocycles. The molecule has 1 aromatic rings. The number of nitrogens with two attached hydrogens (primary N) is 1. The van der Waals surface area contributed by atoms with E-state index in [-0.39, 0.29) is 11.6 Å². The lowest BCUT2D eigenvalue weighted by Gasteiger charge is -2.43. The second-order valence-corrected chi connectivity index (χ2v) is 6.29. The van der Waals surface area contributed by atoms with Crippen LogP contribution >= 0.6 is 0 Å². The zero-order chi connectivity index (χ0) is 15.3. The third-order valence-electron chi connectivity index (χ3n) is 4.07. The van der Waals surface area contributed by atoms with Gasteiger partial charge in [-0.25, -0.2) is 0 Å². The monoisotopic (exact) mass is 292 g/mol. The highest BCUT2D eigenvalue weighted by molar-refractivity contribution is 5.30. The Bertz CT molecular complexity index is 444. The van der Waals surface area contributed by atoms with E-state index in [2.05, 4.69) is 30.0 Å². The lowest BCUT2D eigenvalue weighted by Crippen LogP contribution is -2.56. The van der Waals surface area contributed by atoms with Crippen molar-refractivity contribution in [1.29, 1.82) is 0 Å². The van der Waals surface area contributed by atoms with Crippen LogP contribution in [-0.2, 0) is 11.2 Å². The van der Waals surface area contributed by atoms with Gasteiger partial charge in [0.05, 0.1) is 19.3 Å². The van der Waals surface area contributed by atoms with E-state index in [1.165, 1.54) is 5.56 Å². The van der Waals surface area contributed by atoms with Gasteiger partial charge in [-0.05, 0) is 44.9 Å². The van der Waals surface area contributed by atoms with Crippen molar-refractivity contribution in [2.45, 2.75) is 38.8 Å². The highest BCUT2D eigenvalue weighted by Gasteiger charge is 2.31. The van der Waals surface area contributed by atoms with Crippen LogP contribution in [0.5, 0.6) is 5.75 Å². The van der Waals surface area contributed by atoms with Crippen molar-refractivity contribution >= 4 is 0 Å². The van der Waals surface area contributed by atoms with Gasteiger partial charge in [-0.1, -0.05) is 12.1 Å². The van der Waals surface area contributed by atoms with Crippen molar-refractivity contribution in [3.63, 3.8) is 0 Å². The minimum atomic E-state index is -0.0275. The quantitative estimate of drug-likeness (QED) is 0.872. The summed E-state index contributed by atoms with van der Waals surface area (Å²) in [5.41, 5.74) is 7.33. The lowest BCUT2D eigenvalue weighted by molar-refractivity contribution is -0.0132. The highest BCUT2D eigenvalue weighted by atomic mass is 16.5. The first-order valence-electron chi connectivity index (χ1n) is 7.82. The molecular weight excluding hydrogens is 264 g/mol. The summed E-state index contributed by atoms with van der Waals surface area (Å²) in [4.78, 5) is 2.45. The normalized spacial score (nSPS) is 19.5. The fourth-order valence-electron chi connectivity index (χ4n) is 2.86. The zero-order valence-corrected chi connectivity index (χ0v) is 13.5. The molecule has 4 heteroatoms. The molecule has 118 valence electrons. The van der Waals surface area contributed by atoms with Gasteiger partial charge in [0, 0.05) is 25.2 Å². The minimum Gasteiger partial charge on any atom is -0.491 e. The maximum Gasteiger partial charge on any atom is 0.119 e. The van der Waals surface area contributed by atoms with Crippen molar-refractivity contribution in [1.82, 2.24) is 4.90 Å². The number of benzene rings is 1. The van der Waals surface area contributed by atoms with Gasteiger partial charge >= 0.3 is 0 Å². The fourth-order valence-corrected chi connectivity index (χ4v) is 2.86. The van der Waals surface area contributed by atoms with Crippen LogP contribution < -0.4 is 10.5 Å². The molecule has 21 heavy (non-hydrogen) atoms. The van der Waals surface area contributed by atoms with Crippen LogP contribution in [-0.4, -0.2) is 49.4 Å². The second-order valence-electron chi connectivity index (χ2n) is 6.29. The molecular formula is C17H28N2O2. The first-order valence-corrected chi connectivity index (χ1v) is 7.82. The van der Waals surface area contributed by atoms with Crippen LogP contribution in [0.2, 0.25) is 0 Å². The van der Waals surface area contributed by atoms with E-state index in [0.717, 1.165) is 38.5 Å². The number of rotatable bonds is 6. The lowest BCUT2D eigenvalue weighted by atomic mass is 9.90. The van der Waals surface area contributed by atoms with Crippen LogP contribution in [0.4, 0.5) is 0 Å². The van der Waals surface area contributed by atoms with Gasteiger partial charge in [0.2, 0.25) is 0 Å². The van der Waals surface area contributed by atoms with Crippen molar-refractivity contribution in [2.24, 2.45) is 5.73 Å². The summed E-state index contributed by atoms with van der Waals surface area (Å²) in [6.45, 7) is 10.5. The number of hydrogen-bond donors (Lipinski definition) is 1. The third kappa shape index (κ3) is 4.43. The van der Waals surface area contributed by atoms with E-state index in [0.29, 0.717) is 6.54 Å². The van der Waals surface area contributed by atoms with Gasteiger partial charge in [0.15, 0.2) is 0 Å². The van der Waals surface area contributed by atoms with Gasteiger partial charge in [-0.2, -0.15) is 0 Å². The molecule has 0 saturated carbocycles. The van der Waals surface area contributed by atoms with Crippen molar-refractivity contribution in [2.75, 3.05) is 32.8 Å². The first kappa shape index (κ1) is 16.3. The van der Waals surface area contributed by atoms with Crippen molar-refractivity contribution in [3.05, 3.63) is 29.8 Å². The molecule has 0 spiro atoms. The summed E-state index contributed by atoms with van der Waals surface area (Å²) >= 11 is 0. The Labute approximate surface area is 128 Å². The Hall–Kier alpha value is -1.10. The maximum absolute atomic E-state index is 6.09. The Morgan fingerprint density at radius 2 is 2.05 bits per heavy atom. The van der Waals surface area contributed by atoms with Crippen LogP contribution in [0.1, 0.15) is 26.3 Å². The Kier molecular flexibility index (Phi) is 5.62.